The summed E-state index contributed by atoms with van der Waals surface area (Å²) in [6.07, 6.45) is 1.50. The van der Waals surface area contributed by atoms with Gasteiger partial charge in [-0.05, 0) is 24.6 Å². The Labute approximate surface area is 176 Å². The summed E-state index contributed by atoms with van der Waals surface area (Å²) in [5.74, 6) is -0.338. The third-order valence-corrected chi connectivity index (χ3v) is 5.18. The molecule has 0 saturated heterocycles. The fourth-order valence-corrected chi connectivity index (χ4v) is 3.59. The molecule has 10 heteroatoms. The molecule has 1 aliphatic heterocycles. The fourth-order valence-electron chi connectivity index (χ4n) is 2.80. The van der Waals surface area contributed by atoms with E-state index in [1.165, 1.54) is 13.2 Å². The van der Waals surface area contributed by atoms with Crippen LogP contribution in [0.15, 0.2) is 53.3 Å². The Kier molecular flexibility index (Phi) is 6.60. The molecule has 1 atom stereocenters. The number of anilines is 1. The lowest BCUT2D eigenvalue weighted by Crippen LogP contribution is -2.29. The van der Waals surface area contributed by atoms with Crippen molar-refractivity contribution in [2.75, 3.05) is 24.8 Å². The number of hydrogen-bond donors (Lipinski definition) is 1. The first-order valence-electron chi connectivity index (χ1n) is 8.62. The summed E-state index contributed by atoms with van der Waals surface area (Å²) < 4.78 is 11.5. The van der Waals surface area contributed by atoms with Gasteiger partial charge in [-0.2, -0.15) is 4.98 Å². The van der Waals surface area contributed by atoms with Gasteiger partial charge in [-0.1, -0.05) is 48.2 Å². The highest BCUT2D eigenvalue weighted by Crippen LogP contribution is 2.37. The Bertz CT molecular complexity index is 971. The summed E-state index contributed by atoms with van der Waals surface area (Å²) >= 11 is 7.17. The van der Waals surface area contributed by atoms with Gasteiger partial charge in [0.05, 0.1) is 18.4 Å². The van der Waals surface area contributed by atoms with Gasteiger partial charge in [0.1, 0.15) is 12.6 Å². The van der Waals surface area contributed by atoms with E-state index in [4.69, 9.17) is 16.3 Å². The highest BCUT2D eigenvalue weighted by atomic mass is 35.5. The molecule has 3 rings (SSSR count). The Hall–Kier alpha value is -2.78. The molecule has 29 heavy (non-hydrogen) atoms. The van der Waals surface area contributed by atoms with Crippen LogP contribution in [0.4, 0.5) is 5.95 Å². The van der Waals surface area contributed by atoms with E-state index in [9.17, 15) is 9.59 Å². The average molecular weight is 435 g/mol. The van der Waals surface area contributed by atoms with Gasteiger partial charge in [-0.25, -0.2) is 9.48 Å². The summed E-state index contributed by atoms with van der Waals surface area (Å²) in [5, 5.41) is 8.53. The molecule has 0 saturated carbocycles. The zero-order valence-electron chi connectivity index (χ0n) is 15.8. The number of ether oxygens (including phenoxy) is 2. The van der Waals surface area contributed by atoms with Crippen molar-refractivity contribution in [1.82, 2.24) is 14.8 Å². The number of nitrogens with one attached hydrogen (secondary N) is 1. The smallest absolute Gasteiger partial charge is 0.338 e. The Balaban J connectivity index is 2.01. The summed E-state index contributed by atoms with van der Waals surface area (Å²) in [5.41, 5.74) is 1.79. The lowest BCUT2D eigenvalue weighted by Gasteiger charge is -2.28. The number of methoxy groups -OCH3 is 1. The molecule has 1 aromatic carbocycles. The summed E-state index contributed by atoms with van der Waals surface area (Å²) in [6.45, 7) is 5.43. The molecule has 2 aromatic rings. The second-order valence-electron chi connectivity index (χ2n) is 6.03. The lowest BCUT2D eigenvalue weighted by atomic mass is 9.96. The van der Waals surface area contributed by atoms with Crippen LogP contribution >= 0.6 is 23.4 Å². The minimum Gasteiger partial charge on any atom is -0.468 e. The van der Waals surface area contributed by atoms with Crippen LogP contribution < -0.4 is 5.32 Å². The zero-order valence-corrected chi connectivity index (χ0v) is 17.4. The van der Waals surface area contributed by atoms with Crippen molar-refractivity contribution in [3.05, 3.63) is 58.8 Å². The summed E-state index contributed by atoms with van der Waals surface area (Å²) in [4.78, 5) is 28.6. The fraction of sp³-hybridized carbons (Fsp3) is 0.263. The monoisotopic (exact) mass is 434 g/mol. The van der Waals surface area contributed by atoms with Crippen LogP contribution in [0.2, 0.25) is 5.02 Å². The first kappa shape index (κ1) is 20.9. The molecule has 0 aliphatic carbocycles. The quantitative estimate of drug-likeness (QED) is 0.403. The normalized spacial score (nSPS) is 15.3. The van der Waals surface area contributed by atoms with Crippen molar-refractivity contribution < 1.29 is 19.1 Å². The highest BCUT2D eigenvalue weighted by molar-refractivity contribution is 7.99. The number of esters is 2. The van der Waals surface area contributed by atoms with Crippen LogP contribution in [0.1, 0.15) is 18.5 Å². The van der Waals surface area contributed by atoms with Gasteiger partial charge in [0.15, 0.2) is 0 Å². The van der Waals surface area contributed by atoms with E-state index < -0.39 is 12.0 Å². The maximum Gasteiger partial charge on any atom is 0.338 e. The van der Waals surface area contributed by atoms with Crippen molar-refractivity contribution in [3.63, 3.8) is 0 Å². The number of carbonyl (C=O) groups is 2. The summed E-state index contributed by atoms with van der Waals surface area (Å²) in [7, 11) is 1.32. The first-order valence-corrected chi connectivity index (χ1v) is 9.98. The van der Waals surface area contributed by atoms with Gasteiger partial charge in [0, 0.05) is 10.7 Å². The van der Waals surface area contributed by atoms with Crippen molar-refractivity contribution in [3.8, 4) is 0 Å². The number of allylic oxidation sites excluding steroid dienone is 1. The van der Waals surface area contributed by atoms with Gasteiger partial charge in [0.2, 0.25) is 11.1 Å². The molecule has 1 N–H and O–H groups in total. The molecular formula is C19H19ClN4O4S. The van der Waals surface area contributed by atoms with Crippen LogP contribution in [0, 0.1) is 0 Å². The third kappa shape index (κ3) is 4.63. The predicted molar refractivity (Wildman–Crippen MR) is 110 cm³/mol. The van der Waals surface area contributed by atoms with E-state index in [1.54, 1.807) is 23.7 Å². The van der Waals surface area contributed by atoms with Crippen LogP contribution in [-0.4, -0.2) is 46.2 Å². The van der Waals surface area contributed by atoms with Gasteiger partial charge < -0.3 is 14.8 Å². The molecule has 1 aromatic heterocycles. The maximum atomic E-state index is 12.8. The molecule has 8 nitrogen and oxygen atoms in total. The maximum absolute atomic E-state index is 12.8. The number of thioether (sulfide) groups is 1. The predicted octanol–water partition coefficient (Wildman–Crippen LogP) is 3.21. The summed E-state index contributed by atoms with van der Waals surface area (Å²) in [6, 6.07) is 6.55. The SMILES string of the molecule is C=CCOC(=O)C1=C(C)Nc2nc(SCC(=O)OC)nn2[C@H]1c1ccc(Cl)cc1. The molecule has 2 heterocycles. The second kappa shape index (κ2) is 9.15. The lowest BCUT2D eigenvalue weighted by molar-refractivity contribution is -0.138. The van der Waals surface area contributed by atoms with Crippen LogP contribution in [0.5, 0.6) is 0 Å². The van der Waals surface area contributed by atoms with Crippen molar-refractivity contribution in [2.45, 2.75) is 18.1 Å². The van der Waals surface area contributed by atoms with E-state index in [2.05, 4.69) is 26.7 Å². The Morgan fingerprint density at radius 3 is 2.76 bits per heavy atom. The van der Waals surface area contributed by atoms with E-state index in [0.29, 0.717) is 27.4 Å². The highest BCUT2D eigenvalue weighted by Gasteiger charge is 2.35. The first-order chi connectivity index (χ1) is 13.9. The van der Waals surface area contributed by atoms with E-state index in [-0.39, 0.29) is 18.3 Å². The van der Waals surface area contributed by atoms with Crippen LogP contribution in [0.25, 0.3) is 0 Å². The minimum absolute atomic E-state index is 0.0756. The van der Waals surface area contributed by atoms with Gasteiger partial charge >= 0.3 is 11.9 Å². The molecule has 0 spiro atoms. The second-order valence-corrected chi connectivity index (χ2v) is 7.41. The number of aromatic nitrogens is 3. The average Bonchev–Trinajstić information content (AvgIpc) is 3.12. The Morgan fingerprint density at radius 2 is 2.10 bits per heavy atom. The number of hydrogen-bond acceptors (Lipinski definition) is 8. The number of nitrogens with zero attached hydrogens (tertiary/aromatic N) is 3. The number of fused-ring (bicyclic) bond motifs is 1. The zero-order chi connectivity index (χ0) is 21.0. The number of halogens is 1. The van der Waals surface area contributed by atoms with Crippen molar-refractivity contribution in [2.24, 2.45) is 0 Å². The largest absolute Gasteiger partial charge is 0.468 e. The van der Waals surface area contributed by atoms with E-state index >= 15 is 0 Å². The molecule has 1 aliphatic rings. The molecule has 0 unspecified atom stereocenters. The van der Waals surface area contributed by atoms with Crippen molar-refractivity contribution >= 4 is 41.2 Å². The van der Waals surface area contributed by atoms with Crippen LogP contribution in [0.3, 0.4) is 0 Å². The van der Waals surface area contributed by atoms with E-state index in [1.807, 2.05) is 12.1 Å². The topological polar surface area (TPSA) is 95.3 Å². The third-order valence-electron chi connectivity index (χ3n) is 4.12. The molecule has 0 bridgehead atoms. The number of carbonyl (C=O) groups excluding carboxylic acids is 2. The molecule has 0 radical (unpaired) electrons. The van der Waals surface area contributed by atoms with Gasteiger partial charge in [-0.15, -0.1) is 5.10 Å². The van der Waals surface area contributed by atoms with Gasteiger partial charge in [0.25, 0.3) is 0 Å². The van der Waals surface area contributed by atoms with Crippen molar-refractivity contribution in [1.29, 1.82) is 0 Å². The molecule has 152 valence electrons. The van der Waals surface area contributed by atoms with Gasteiger partial charge in [-0.3, -0.25) is 4.79 Å². The standard InChI is InChI=1S/C19H19ClN4O4S/c1-4-9-28-17(26)15-11(2)21-18-22-19(29-10-14(25)27-3)23-24(18)16(15)12-5-7-13(20)8-6-12/h4-8,16H,1,9-10H2,2-3H3,(H,21,22,23)/t16-/m0/s1. The number of benzene rings is 1. The minimum atomic E-state index is -0.569. The van der Waals surface area contributed by atoms with E-state index in [0.717, 1.165) is 17.3 Å². The van der Waals surface area contributed by atoms with Crippen LogP contribution in [-0.2, 0) is 19.1 Å². The molecular weight excluding hydrogens is 416 g/mol. The Morgan fingerprint density at radius 1 is 1.38 bits per heavy atom. The number of rotatable bonds is 7. The molecule has 0 amide bonds. The molecule has 0 fully saturated rings.